The summed E-state index contributed by atoms with van der Waals surface area (Å²) in [6, 6.07) is 0.459. The molecule has 0 amide bonds. The number of nitrogens with zero attached hydrogens (tertiary/aromatic N) is 2. The molecular formula is C17H33IN4O. The van der Waals surface area contributed by atoms with Crippen molar-refractivity contribution in [3.63, 3.8) is 0 Å². The quantitative estimate of drug-likeness (QED) is 0.279. The molecule has 2 bridgehead atoms. The number of rotatable bonds is 7. The lowest BCUT2D eigenvalue weighted by atomic mass is 9.96. The molecule has 5 nitrogen and oxygen atoms in total. The Morgan fingerprint density at radius 2 is 2.04 bits per heavy atom. The normalized spacial score (nSPS) is 30.5. The van der Waals surface area contributed by atoms with E-state index in [0.717, 1.165) is 25.5 Å². The van der Waals surface area contributed by atoms with Crippen molar-refractivity contribution in [2.24, 2.45) is 4.99 Å². The van der Waals surface area contributed by atoms with E-state index in [4.69, 9.17) is 9.73 Å². The van der Waals surface area contributed by atoms with Crippen molar-refractivity contribution in [1.82, 2.24) is 15.5 Å². The Morgan fingerprint density at radius 3 is 2.70 bits per heavy atom. The highest BCUT2D eigenvalue weighted by molar-refractivity contribution is 14.0. The van der Waals surface area contributed by atoms with Gasteiger partial charge in [0.25, 0.3) is 0 Å². The van der Waals surface area contributed by atoms with Crippen molar-refractivity contribution in [3.05, 3.63) is 0 Å². The average Bonchev–Trinajstić information content (AvgIpc) is 3.24. The molecule has 0 saturated carbocycles. The maximum atomic E-state index is 5.91. The van der Waals surface area contributed by atoms with Crippen LogP contribution < -0.4 is 10.6 Å². The topological polar surface area (TPSA) is 48.9 Å². The summed E-state index contributed by atoms with van der Waals surface area (Å²) in [6.07, 6.45) is 9.71. The molecule has 3 unspecified atom stereocenters. The predicted octanol–water partition coefficient (Wildman–Crippen LogP) is 2.36. The van der Waals surface area contributed by atoms with Gasteiger partial charge in [0, 0.05) is 13.1 Å². The highest BCUT2D eigenvalue weighted by atomic mass is 127. The van der Waals surface area contributed by atoms with E-state index in [1.54, 1.807) is 0 Å². The first-order chi connectivity index (χ1) is 10.8. The molecule has 3 atom stereocenters. The average molecular weight is 436 g/mol. The Hall–Kier alpha value is -0.0800. The van der Waals surface area contributed by atoms with E-state index in [9.17, 15) is 0 Å². The molecule has 0 aromatic heterocycles. The van der Waals surface area contributed by atoms with E-state index in [0.29, 0.717) is 18.2 Å². The molecule has 2 N–H and O–H groups in total. The third-order valence-corrected chi connectivity index (χ3v) is 5.12. The van der Waals surface area contributed by atoms with Gasteiger partial charge in [0.05, 0.1) is 18.2 Å². The summed E-state index contributed by atoms with van der Waals surface area (Å²) in [7, 11) is 0. The lowest BCUT2D eigenvalue weighted by Crippen LogP contribution is -2.47. The van der Waals surface area contributed by atoms with Gasteiger partial charge in [0.1, 0.15) is 0 Å². The van der Waals surface area contributed by atoms with Gasteiger partial charge in [-0.1, -0.05) is 0 Å². The minimum atomic E-state index is 0. The summed E-state index contributed by atoms with van der Waals surface area (Å²) in [5.41, 5.74) is 0. The SMILES string of the molecule is CCNC(=NCCCCN1CCCC1)NC1CC2CCC1O2.I. The molecule has 0 spiro atoms. The lowest BCUT2D eigenvalue weighted by molar-refractivity contribution is 0.0992. The summed E-state index contributed by atoms with van der Waals surface area (Å²) >= 11 is 0. The summed E-state index contributed by atoms with van der Waals surface area (Å²) < 4.78 is 5.91. The van der Waals surface area contributed by atoms with E-state index < -0.39 is 0 Å². The first kappa shape index (κ1) is 19.2. The number of hydrogen-bond donors (Lipinski definition) is 2. The molecule has 0 aliphatic carbocycles. The van der Waals surface area contributed by atoms with Crippen LogP contribution in [0.1, 0.15) is 51.9 Å². The van der Waals surface area contributed by atoms with Crippen LogP contribution in [0.3, 0.4) is 0 Å². The molecule has 6 heteroatoms. The summed E-state index contributed by atoms with van der Waals surface area (Å²) in [5, 5.41) is 6.96. The fourth-order valence-electron chi connectivity index (χ4n) is 3.93. The monoisotopic (exact) mass is 436 g/mol. The number of hydrogen-bond acceptors (Lipinski definition) is 3. The molecule has 134 valence electrons. The zero-order chi connectivity index (χ0) is 15.2. The van der Waals surface area contributed by atoms with Crippen LogP contribution in [0.5, 0.6) is 0 Å². The van der Waals surface area contributed by atoms with E-state index >= 15 is 0 Å². The van der Waals surface area contributed by atoms with Crippen LogP contribution in [-0.2, 0) is 4.74 Å². The minimum absolute atomic E-state index is 0. The van der Waals surface area contributed by atoms with Crippen LogP contribution in [0.15, 0.2) is 4.99 Å². The van der Waals surface area contributed by atoms with Crippen molar-refractivity contribution in [2.75, 3.05) is 32.7 Å². The van der Waals surface area contributed by atoms with Crippen molar-refractivity contribution in [2.45, 2.75) is 70.1 Å². The number of unbranched alkanes of at least 4 members (excludes halogenated alkanes) is 1. The lowest BCUT2D eigenvalue weighted by Gasteiger charge is -2.22. The molecule has 3 saturated heterocycles. The highest BCUT2D eigenvalue weighted by Gasteiger charge is 2.41. The highest BCUT2D eigenvalue weighted by Crippen LogP contribution is 2.34. The van der Waals surface area contributed by atoms with E-state index in [-0.39, 0.29) is 24.0 Å². The number of aliphatic imine (C=N–C) groups is 1. The van der Waals surface area contributed by atoms with E-state index in [1.807, 2.05) is 0 Å². The smallest absolute Gasteiger partial charge is 0.191 e. The molecule has 0 aromatic rings. The Labute approximate surface area is 158 Å². The van der Waals surface area contributed by atoms with Crippen LogP contribution in [0.2, 0.25) is 0 Å². The molecule has 0 aromatic carbocycles. The second kappa shape index (κ2) is 10.0. The first-order valence-corrected chi connectivity index (χ1v) is 9.28. The van der Waals surface area contributed by atoms with Gasteiger partial charge < -0.3 is 20.3 Å². The Balaban J connectivity index is 0.00000192. The first-order valence-electron chi connectivity index (χ1n) is 9.28. The summed E-state index contributed by atoms with van der Waals surface area (Å²) in [4.78, 5) is 7.33. The zero-order valence-corrected chi connectivity index (χ0v) is 16.8. The second-order valence-corrected chi connectivity index (χ2v) is 6.88. The van der Waals surface area contributed by atoms with Crippen molar-refractivity contribution >= 4 is 29.9 Å². The van der Waals surface area contributed by atoms with Crippen LogP contribution in [0, 0.1) is 0 Å². The van der Waals surface area contributed by atoms with Crippen LogP contribution >= 0.6 is 24.0 Å². The van der Waals surface area contributed by atoms with Gasteiger partial charge in [-0.2, -0.15) is 0 Å². The fourth-order valence-corrected chi connectivity index (χ4v) is 3.93. The molecule has 3 fully saturated rings. The number of fused-ring (bicyclic) bond motifs is 2. The van der Waals surface area contributed by atoms with Crippen molar-refractivity contribution in [3.8, 4) is 0 Å². The van der Waals surface area contributed by atoms with Gasteiger partial charge in [-0.3, -0.25) is 4.99 Å². The Bertz CT molecular complexity index is 374. The summed E-state index contributed by atoms with van der Waals surface area (Å²) in [6.45, 7) is 7.82. The molecule has 3 heterocycles. The zero-order valence-electron chi connectivity index (χ0n) is 14.4. The molecule has 3 rings (SSSR count). The van der Waals surface area contributed by atoms with Gasteiger partial charge in [0.2, 0.25) is 0 Å². The number of likely N-dealkylation sites (tertiary alicyclic amines) is 1. The molecule has 3 aliphatic rings. The number of ether oxygens (including phenoxy) is 1. The van der Waals surface area contributed by atoms with Crippen LogP contribution in [0.4, 0.5) is 0 Å². The van der Waals surface area contributed by atoms with Gasteiger partial charge in [-0.25, -0.2) is 0 Å². The van der Waals surface area contributed by atoms with E-state index in [2.05, 4.69) is 22.5 Å². The van der Waals surface area contributed by atoms with Gasteiger partial charge in [-0.05, 0) is 71.5 Å². The molecule has 3 aliphatic heterocycles. The maximum absolute atomic E-state index is 5.91. The Morgan fingerprint density at radius 1 is 1.22 bits per heavy atom. The molecule has 23 heavy (non-hydrogen) atoms. The minimum Gasteiger partial charge on any atom is -0.373 e. The summed E-state index contributed by atoms with van der Waals surface area (Å²) in [5.74, 6) is 0.977. The maximum Gasteiger partial charge on any atom is 0.191 e. The van der Waals surface area contributed by atoms with Gasteiger partial charge in [0.15, 0.2) is 5.96 Å². The van der Waals surface area contributed by atoms with Gasteiger partial charge >= 0.3 is 0 Å². The number of halogens is 1. The Kier molecular flexibility index (Phi) is 8.40. The van der Waals surface area contributed by atoms with Crippen molar-refractivity contribution < 1.29 is 4.74 Å². The number of nitrogens with one attached hydrogen (secondary N) is 2. The van der Waals surface area contributed by atoms with Gasteiger partial charge in [-0.15, -0.1) is 24.0 Å². The van der Waals surface area contributed by atoms with Crippen LogP contribution in [-0.4, -0.2) is 61.8 Å². The van der Waals surface area contributed by atoms with Crippen molar-refractivity contribution in [1.29, 1.82) is 0 Å². The fraction of sp³-hybridized carbons (Fsp3) is 0.941. The second-order valence-electron chi connectivity index (χ2n) is 6.88. The third kappa shape index (κ3) is 5.74. The largest absolute Gasteiger partial charge is 0.373 e. The van der Waals surface area contributed by atoms with Crippen LogP contribution in [0.25, 0.3) is 0 Å². The molecular weight excluding hydrogens is 403 g/mol. The number of guanidine groups is 1. The third-order valence-electron chi connectivity index (χ3n) is 5.12. The molecule has 0 radical (unpaired) electrons. The van der Waals surface area contributed by atoms with E-state index in [1.165, 1.54) is 58.2 Å². The standard InChI is InChI=1S/C17H32N4O.HI/c1-2-18-17(20-15-13-14-7-8-16(15)22-14)19-9-3-4-10-21-11-5-6-12-21;/h14-16H,2-13H2,1H3,(H2,18,19,20);1H. The predicted molar refractivity (Wildman–Crippen MR) is 106 cm³/mol.